The molecule has 1 aromatic carbocycles. The van der Waals surface area contributed by atoms with Gasteiger partial charge in [-0.3, -0.25) is 4.99 Å². The van der Waals surface area contributed by atoms with Crippen LogP contribution in [0.5, 0.6) is 11.5 Å². The van der Waals surface area contributed by atoms with Crippen molar-refractivity contribution >= 4 is 5.96 Å². The zero-order valence-electron chi connectivity index (χ0n) is 15.9. The Kier molecular flexibility index (Phi) is 8.43. The van der Waals surface area contributed by atoms with Crippen molar-refractivity contribution in [3.8, 4) is 11.5 Å². The molecule has 1 aliphatic carbocycles. The number of hydrogen-bond donors (Lipinski definition) is 2. The number of nitrogens with one attached hydrogen (secondary N) is 2. The van der Waals surface area contributed by atoms with Crippen molar-refractivity contribution in [2.24, 2.45) is 4.99 Å². The van der Waals surface area contributed by atoms with Crippen LogP contribution in [0.3, 0.4) is 0 Å². The first-order valence-corrected chi connectivity index (χ1v) is 9.52. The third-order valence-corrected chi connectivity index (χ3v) is 4.63. The van der Waals surface area contributed by atoms with Gasteiger partial charge in [0.05, 0.1) is 14.2 Å². The topological polar surface area (TPSA) is 54.9 Å². The lowest BCUT2D eigenvalue weighted by Crippen LogP contribution is -2.44. The molecule has 0 saturated heterocycles. The number of methoxy groups -OCH3 is 2. The van der Waals surface area contributed by atoms with Crippen LogP contribution in [0, 0.1) is 0 Å². The van der Waals surface area contributed by atoms with E-state index in [-0.39, 0.29) is 0 Å². The van der Waals surface area contributed by atoms with E-state index in [4.69, 9.17) is 14.5 Å². The maximum absolute atomic E-state index is 5.37. The van der Waals surface area contributed by atoms with Gasteiger partial charge >= 0.3 is 0 Å². The minimum atomic E-state index is 0.581. The Hall–Kier alpha value is -1.91. The zero-order chi connectivity index (χ0) is 17.9. The van der Waals surface area contributed by atoms with E-state index in [1.807, 2.05) is 12.1 Å². The smallest absolute Gasteiger partial charge is 0.191 e. The molecular formula is C20H33N3O2. The first-order chi connectivity index (χ1) is 12.3. The summed E-state index contributed by atoms with van der Waals surface area (Å²) in [6.07, 6.45) is 8.54. The molecule has 0 aliphatic heterocycles. The molecule has 0 radical (unpaired) electrons. The first-order valence-electron chi connectivity index (χ1n) is 9.52. The van der Waals surface area contributed by atoms with Gasteiger partial charge in [0.25, 0.3) is 0 Å². The van der Waals surface area contributed by atoms with Gasteiger partial charge < -0.3 is 20.1 Å². The fourth-order valence-electron chi connectivity index (χ4n) is 3.27. The van der Waals surface area contributed by atoms with E-state index in [9.17, 15) is 0 Å². The fraction of sp³-hybridized carbons (Fsp3) is 0.650. The van der Waals surface area contributed by atoms with E-state index >= 15 is 0 Å². The number of hydrogen-bond acceptors (Lipinski definition) is 3. The molecule has 5 nitrogen and oxygen atoms in total. The van der Waals surface area contributed by atoms with Crippen LogP contribution in [0.1, 0.15) is 51.0 Å². The molecule has 0 spiro atoms. The Balaban J connectivity index is 1.82. The van der Waals surface area contributed by atoms with Crippen molar-refractivity contribution in [3.05, 3.63) is 23.8 Å². The van der Waals surface area contributed by atoms with Crippen molar-refractivity contribution in [2.45, 2.75) is 57.9 Å². The summed E-state index contributed by atoms with van der Waals surface area (Å²) in [5.41, 5.74) is 1.25. The van der Waals surface area contributed by atoms with Gasteiger partial charge in [-0.05, 0) is 50.3 Å². The second-order valence-corrected chi connectivity index (χ2v) is 6.53. The van der Waals surface area contributed by atoms with E-state index in [2.05, 4.69) is 23.6 Å². The summed E-state index contributed by atoms with van der Waals surface area (Å²) in [6.45, 7) is 3.83. The Labute approximate surface area is 152 Å². The molecule has 1 aliphatic rings. The van der Waals surface area contributed by atoms with E-state index in [0.717, 1.165) is 43.4 Å². The molecule has 2 rings (SSSR count). The summed E-state index contributed by atoms with van der Waals surface area (Å²) in [6, 6.07) is 6.69. The second-order valence-electron chi connectivity index (χ2n) is 6.53. The molecule has 0 atom stereocenters. The maximum Gasteiger partial charge on any atom is 0.191 e. The molecular weight excluding hydrogens is 314 g/mol. The van der Waals surface area contributed by atoms with Gasteiger partial charge in [-0.15, -0.1) is 0 Å². The third-order valence-electron chi connectivity index (χ3n) is 4.63. The highest BCUT2D eigenvalue weighted by Crippen LogP contribution is 2.27. The van der Waals surface area contributed by atoms with E-state index in [1.165, 1.54) is 37.7 Å². The molecule has 140 valence electrons. The van der Waals surface area contributed by atoms with Crippen molar-refractivity contribution < 1.29 is 9.47 Å². The van der Waals surface area contributed by atoms with Crippen LogP contribution in [0.15, 0.2) is 23.2 Å². The van der Waals surface area contributed by atoms with Crippen LogP contribution in [0.25, 0.3) is 0 Å². The predicted octanol–water partition coefficient (Wildman–Crippen LogP) is 3.52. The van der Waals surface area contributed by atoms with Crippen molar-refractivity contribution in [3.63, 3.8) is 0 Å². The lowest BCUT2D eigenvalue weighted by atomic mass is 9.96. The number of aliphatic imine (C=N–C) groups is 1. The number of nitrogens with zero attached hydrogens (tertiary/aromatic N) is 1. The van der Waals surface area contributed by atoms with Crippen LogP contribution in [-0.4, -0.2) is 39.3 Å². The van der Waals surface area contributed by atoms with Gasteiger partial charge in [0.2, 0.25) is 0 Å². The Morgan fingerprint density at radius 2 is 1.88 bits per heavy atom. The summed E-state index contributed by atoms with van der Waals surface area (Å²) in [7, 11) is 3.33. The highest BCUT2D eigenvalue weighted by Gasteiger charge is 2.14. The Bertz CT molecular complexity index is 540. The first kappa shape index (κ1) is 19.4. The average Bonchev–Trinajstić information content (AvgIpc) is 2.66. The van der Waals surface area contributed by atoms with Gasteiger partial charge in [-0.1, -0.05) is 25.3 Å². The minimum absolute atomic E-state index is 0.581. The largest absolute Gasteiger partial charge is 0.493 e. The van der Waals surface area contributed by atoms with E-state index in [1.54, 1.807) is 14.2 Å². The summed E-state index contributed by atoms with van der Waals surface area (Å²) in [5, 5.41) is 6.96. The van der Waals surface area contributed by atoms with E-state index < -0.39 is 0 Å². The summed E-state index contributed by atoms with van der Waals surface area (Å²) in [5.74, 6) is 2.52. The second kappa shape index (κ2) is 10.9. The molecule has 0 amide bonds. The third kappa shape index (κ3) is 6.48. The lowest BCUT2D eigenvalue weighted by Gasteiger charge is -2.24. The predicted molar refractivity (Wildman–Crippen MR) is 104 cm³/mol. The van der Waals surface area contributed by atoms with Gasteiger partial charge in [0, 0.05) is 19.1 Å². The Morgan fingerprint density at radius 3 is 2.56 bits per heavy atom. The molecule has 1 saturated carbocycles. The molecule has 5 heteroatoms. The zero-order valence-corrected chi connectivity index (χ0v) is 15.9. The quantitative estimate of drug-likeness (QED) is 0.429. The minimum Gasteiger partial charge on any atom is -0.493 e. The molecule has 1 aromatic rings. The Morgan fingerprint density at radius 1 is 1.12 bits per heavy atom. The molecule has 0 heterocycles. The van der Waals surface area contributed by atoms with Crippen molar-refractivity contribution in [2.75, 3.05) is 27.3 Å². The number of aryl methyl sites for hydroxylation is 1. The standard InChI is InChI=1S/C20H33N3O2/c1-4-21-20(23-17-10-6-5-7-11-17)22-14-8-9-16-12-13-18(24-2)19(15-16)25-3/h12-13,15,17H,4-11,14H2,1-3H3,(H2,21,22,23). The summed E-state index contributed by atoms with van der Waals surface area (Å²) in [4.78, 5) is 4.74. The van der Waals surface area contributed by atoms with Crippen LogP contribution in [0.2, 0.25) is 0 Å². The molecule has 25 heavy (non-hydrogen) atoms. The maximum atomic E-state index is 5.37. The van der Waals surface area contributed by atoms with E-state index in [0.29, 0.717) is 6.04 Å². The highest BCUT2D eigenvalue weighted by atomic mass is 16.5. The van der Waals surface area contributed by atoms with Crippen LogP contribution in [0.4, 0.5) is 0 Å². The van der Waals surface area contributed by atoms with Crippen molar-refractivity contribution in [1.29, 1.82) is 0 Å². The summed E-state index contributed by atoms with van der Waals surface area (Å²) >= 11 is 0. The molecule has 2 N–H and O–H groups in total. The molecule has 0 bridgehead atoms. The van der Waals surface area contributed by atoms with Gasteiger partial charge in [-0.2, -0.15) is 0 Å². The normalized spacial score (nSPS) is 15.7. The van der Waals surface area contributed by atoms with Crippen LogP contribution < -0.4 is 20.1 Å². The molecule has 0 aromatic heterocycles. The number of benzene rings is 1. The fourth-order valence-corrected chi connectivity index (χ4v) is 3.27. The summed E-state index contributed by atoms with van der Waals surface area (Å²) < 4.78 is 10.6. The SMILES string of the molecule is CCNC(=NCCCc1ccc(OC)c(OC)c1)NC1CCCCC1. The highest BCUT2D eigenvalue weighted by molar-refractivity contribution is 5.80. The van der Waals surface area contributed by atoms with Gasteiger partial charge in [0.1, 0.15) is 0 Å². The number of guanidine groups is 1. The van der Waals surface area contributed by atoms with Gasteiger partial charge in [0.15, 0.2) is 17.5 Å². The van der Waals surface area contributed by atoms with Gasteiger partial charge in [-0.25, -0.2) is 0 Å². The van der Waals surface area contributed by atoms with Crippen molar-refractivity contribution in [1.82, 2.24) is 10.6 Å². The average molecular weight is 348 g/mol. The lowest BCUT2D eigenvalue weighted by molar-refractivity contribution is 0.354. The number of ether oxygens (including phenoxy) is 2. The molecule has 1 fully saturated rings. The molecule has 0 unspecified atom stereocenters. The number of rotatable bonds is 8. The monoisotopic (exact) mass is 347 g/mol. The van der Waals surface area contributed by atoms with Crippen LogP contribution in [-0.2, 0) is 6.42 Å². The van der Waals surface area contributed by atoms with Crippen LogP contribution >= 0.6 is 0 Å².